The third-order valence-corrected chi connectivity index (χ3v) is 2.13. The monoisotopic (exact) mass is 284 g/mol. The maximum atomic E-state index is 10.1. The first kappa shape index (κ1) is 21.3. The van der Waals surface area contributed by atoms with Gasteiger partial charge >= 0.3 is 0 Å². The van der Waals surface area contributed by atoms with Crippen molar-refractivity contribution < 1.29 is 9.53 Å². The maximum absolute atomic E-state index is 10.1. The number of nitrogens with zero attached hydrogens (tertiary/aromatic N) is 1. The van der Waals surface area contributed by atoms with Crippen LogP contribution in [0.2, 0.25) is 0 Å². The highest BCUT2D eigenvalue weighted by molar-refractivity contribution is 5.45. The molecule has 1 aliphatic heterocycles. The molecule has 0 saturated carbocycles. The quantitative estimate of drug-likeness (QED) is 0.635. The first-order chi connectivity index (χ1) is 9.60. The van der Waals surface area contributed by atoms with Crippen molar-refractivity contribution in [3.05, 3.63) is 0 Å². The smallest absolute Gasteiger partial charge is 0.207 e. The highest BCUT2D eigenvalue weighted by atomic mass is 16.5. The van der Waals surface area contributed by atoms with Crippen LogP contribution in [-0.4, -0.2) is 50.2 Å². The van der Waals surface area contributed by atoms with Gasteiger partial charge in [0.15, 0.2) is 0 Å². The fourth-order valence-electron chi connectivity index (χ4n) is 1.42. The van der Waals surface area contributed by atoms with Crippen LogP contribution < -0.4 is 5.32 Å². The normalized spacial score (nSPS) is 17.6. The van der Waals surface area contributed by atoms with E-state index < -0.39 is 0 Å². The van der Waals surface area contributed by atoms with Gasteiger partial charge in [-0.15, -0.1) is 5.92 Å². The Bertz CT molecular complexity index is 267. The van der Waals surface area contributed by atoms with Gasteiger partial charge in [-0.25, -0.2) is 0 Å². The molecule has 1 rings (SSSR count). The molecule has 0 radical (unpaired) electrons. The minimum atomic E-state index is 0.104. The fourth-order valence-corrected chi connectivity index (χ4v) is 1.42. The van der Waals surface area contributed by atoms with Crippen molar-refractivity contribution >= 4 is 6.41 Å². The minimum Gasteiger partial charge on any atom is -0.374 e. The first-order valence-corrected chi connectivity index (χ1v) is 7.50. The Balaban J connectivity index is 0. The van der Waals surface area contributed by atoms with E-state index in [2.05, 4.69) is 42.8 Å². The van der Waals surface area contributed by atoms with Crippen molar-refractivity contribution in [3.8, 4) is 11.8 Å². The Labute approximate surface area is 125 Å². The summed E-state index contributed by atoms with van der Waals surface area (Å²) >= 11 is 0. The van der Waals surface area contributed by atoms with Crippen molar-refractivity contribution in [1.29, 1.82) is 0 Å². The molecule has 1 saturated heterocycles. The van der Waals surface area contributed by atoms with Crippen LogP contribution in [0.3, 0.4) is 0 Å². The van der Waals surface area contributed by atoms with E-state index in [1.807, 2.05) is 20.8 Å². The zero-order chi connectivity index (χ0) is 15.8. The van der Waals surface area contributed by atoms with Gasteiger partial charge in [-0.3, -0.25) is 9.69 Å². The van der Waals surface area contributed by atoms with Crippen LogP contribution in [0, 0.1) is 17.8 Å². The standard InChI is InChI=1S/C10H16N2O2.C4H10.C2H6/c1-2-3-4-12-5-6-14-10(8-12)7-11-9-13;1-4(2)3;1-2/h9-10H,4-8H2,1H3,(H,11,13);4H,1-3H3;1-2H3. The number of ether oxygens (including phenoxy) is 1. The van der Waals surface area contributed by atoms with E-state index in [1.54, 1.807) is 0 Å². The van der Waals surface area contributed by atoms with Gasteiger partial charge in [-0.2, -0.15) is 0 Å². The molecule has 20 heavy (non-hydrogen) atoms. The van der Waals surface area contributed by atoms with E-state index in [0.717, 1.165) is 32.2 Å². The van der Waals surface area contributed by atoms with Crippen LogP contribution in [0.25, 0.3) is 0 Å². The highest BCUT2D eigenvalue weighted by Crippen LogP contribution is 2.03. The number of carbonyl (C=O) groups excluding carboxylic acids is 1. The van der Waals surface area contributed by atoms with Crippen LogP contribution >= 0.6 is 0 Å². The number of carbonyl (C=O) groups is 1. The summed E-state index contributed by atoms with van der Waals surface area (Å²) < 4.78 is 5.48. The molecule has 118 valence electrons. The summed E-state index contributed by atoms with van der Waals surface area (Å²) in [7, 11) is 0. The van der Waals surface area contributed by atoms with Crippen LogP contribution in [0.1, 0.15) is 41.5 Å². The lowest BCUT2D eigenvalue weighted by molar-refractivity contribution is -0.110. The van der Waals surface area contributed by atoms with Crippen molar-refractivity contribution in [1.82, 2.24) is 10.2 Å². The van der Waals surface area contributed by atoms with Crippen molar-refractivity contribution in [2.75, 3.05) is 32.8 Å². The van der Waals surface area contributed by atoms with Gasteiger partial charge in [0, 0.05) is 19.6 Å². The summed E-state index contributed by atoms with van der Waals surface area (Å²) in [5.41, 5.74) is 0. The molecular formula is C16H32N2O2. The lowest BCUT2D eigenvalue weighted by Crippen LogP contribution is -2.46. The summed E-state index contributed by atoms with van der Waals surface area (Å²) in [6, 6.07) is 0. The van der Waals surface area contributed by atoms with E-state index in [-0.39, 0.29) is 6.10 Å². The second-order valence-electron chi connectivity index (χ2n) is 4.91. The number of morpholine rings is 1. The molecule has 1 amide bonds. The molecule has 0 bridgehead atoms. The molecule has 0 aliphatic carbocycles. The number of rotatable bonds is 4. The van der Waals surface area contributed by atoms with Gasteiger partial charge < -0.3 is 10.1 Å². The fraction of sp³-hybridized carbons (Fsp3) is 0.812. The summed E-state index contributed by atoms with van der Waals surface area (Å²) in [5.74, 6) is 6.73. The van der Waals surface area contributed by atoms with Crippen molar-refractivity contribution in [2.24, 2.45) is 5.92 Å². The predicted molar refractivity (Wildman–Crippen MR) is 85.6 cm³/mol. The molecule has 0 aromatic carbocycles. The number of hydrogen-bond donors (Lipinski definition) is 1. The average Bonchev–Trinajstić information content (AvgIpc) is 2.45. The summed E-state index contributed by atoms with van der Waals surface area (Å²) in [6.07, 6.45) is 0.807. The van der Waals surface area contributed by atoms with E-state index in [9.17, 15) is 4.79 Å². The Morgan fingerprint density at radius 3 is 2.50 bits per heavy atom. The summed E-state index contributed by atoms with van der Waals surface area (Å²) in [4.78, 5) is 12.3. The lowest BCUT2D eigenvalue weighted by atomic mass is 10.2. The van der Waals surface area contributed by atoms with Crippen molar-refractivity contribution in [3.63, 3.8) is 0 Å². The summed E-state index contributed by atoms with van der Waals surface area (Å²) in [6.45, 7) is 16.2. The van der Waals surface area contributed by atoms with Crippen LogP contribution in [0.4, 0.5) is 0 Å². The Morgan fingerprint density at radius 1 is 1.40 bits per heavy atom. The van der Waals surface area contributed by atoms with E-state index in [4.69, 9.17) is 4.74 Å². The number of nitrogens with one attached hydrogen (secondary N) is 1. The van der Waals surface area contributed by atoms with E-state index >= 15 is 0 Å². The van der Waals surface area contributed by atoms with Gasteiger partial charge in [0.25, 0.3) is 0 Å². The van der Waals surface area contributed by atoms with E-state index in [0.29, 0.717) is 13.0 Å². The number of hydrogen-bond acceptors (Lipinski definition) is 3. The molecular weight excluding hydrogens is 252 g/mol. The Hall–Kier alpha value is -1.05. The second-order valence-corrected chi connectivity index (χ2v) is 4.91. The van der Waals surface area contributed by atoms with Crippen LogP contribution in [0.15, 0.2) is 0 Å². The molecule has 4 heteroatoms. The molecule has 1 N–H and O–H groups in total. The molecule has 0 spiro atoms. The molecule has 1 atom stereocenters. The summed E-state index contributed by atoms with van der Waals surface area (Å²) in [5, 5.41) is 2.63. The second kappa shape index (κ2) is 16.0. The van der Waals surface area contributed by atoms with Crippen LogP contribution in [-0.2, 0) is 9.53 Å². The highest BCUT2D eigenvalue weighted by Gasteiger charge is 2.18. The predicted octanol–water partition coefficient (Wildman–Crippen LogP) is 2.14. The average molecular weight is 284 g/mol. The Morgan fingerprint density at radius 2 is 2.00 bits per heavy atom. The van der Waals surface area contributed by atoms with Crippen molar-refractivity contribution in [2.45, 2.75) is 47.6 Å². The largest absolute Gasteiger partial charge is 0.374 e. The Kier molecular flexibility index (Phi) is 17.0. The molecule has 1 fully saturated rings. The van der Waals surface area contributed by atoms with Gasteiger partial charge in [0.1, 0.15) is 0 Å². The van der Waals surface area contributed by atoms with E-state index in [1.165, 1.54) is 0 Å². The van der Waals surface area contributed by atoms with Gasteiger partial charge in [0.05, 0.1) is 19.3 Å². The molecule has 1 aliphatic rings. The molecule has 1 heterocycles. The molecule has 0 aromatic rings. The minimum absolute atomic E-state index is 0.104. The third kappa shape index (κ3) is 15.0. The number of amides is 1. The van der Waals surface area contributed by atoms with Crippen LogP contribution in [0.5, 0.6) is 0 Å². The SMILES string of the molecule is CC.CC#CCN1CCOC(CNC=O)C1.CC(C)C. The molecule has 0 aromatic heterocycles. The zero-order valence-corrected chi connectivity index (χ0v) is 14.0. The third-order valence-electron chi connectivity index (χ3n) is 2.13. The van der Waals surface area contributed by atoms with Gasteiger partial charge in [0.2, 0.25) is 6.41 Å². The topological polar surface area (TPSA) is 41.6 Å². The lowest BCUT2D eigenvalue weighted by Gasteiger charge is -2.31. The van der Waals surface area contributed by atoms with Gasteiger partial charge in [-0.05, 0) is 12.8 Å². The molecule has 1 unspecified atom stereocenters. The van der Waals surface area contributed by atoms with Gasteiger partial charge in [-0.1, -0.05) is 40.5 Å². The first-order valence-electron chi connectivity index (χ1n) is 7.50. The maximum Gasteiger partial charge on any atom is 0.207 e. The molecule has 4 nitrogen and oxygen atoms in total. The zero-order valence-electron chi connectivity index (χ0n) is 14.0.